The van der Waals surface area contributed by atoms with Crippen LogP contribution in [0.4, 0.5) is 0 Å². The lowest BCUT2D eigenvalue weighted by Gasteiger charge is -2.12. The summed E-state index contributed by atoms with van der Waals surface area (Å²) >= 11 is 5.09. The molecule has 20 heavy (non-hydrogen) atoms. The average Bonchev–Trinajstić information content (AvgIpc) is 2.89. The van der Waals surface area contributed by atoms with Crippen molar-refractivity contribution in [1.29, 1.82) is 0 Å². The summed E-state index contributed by atoms with van der Waals surface area (Å²) in [4.78, 5) is 0. The first-order chi connectivity index (χ1) is 9.70. The van der Waals surface area contributed by atoms with Crippen molar-refractivity contribution >= 4 is 34.0 Å². The molecule has 0 atom stereocenters. The third-order valence-corrected chi connectivity index (χ3v) is 2.89. The van der Waals surface area contributed by atoms with Gasteiger partial charge in [-0.05, 0) is 24.4 Å². The summed E-state index contributed by atoms with van der Waals surface area (Å²) in [5, 5.41) is 4.48. The first-order valence-corrected chi connectivity index (χ1v) is 6.58. The van der Waals surface area contributed by atoms with Gasteiger partial charge in [0, 0.05) is 19.0 Å². The Morgan fingerprint density at radius 1 is 1.35 bits per heavy atom. The van der Waals surface area contributed by atoms with Gasteiger partial charge in [0.15, 0.2) is 10.9 Å². The predicted molar refractivity (Wildman–Crippen MR) is 84.0 cm³/mol. The van der Waals surface area contributed by atoms with E-state index >= 15 is 0 Å². The standard InChI is InChI=1S/C14H17N3O2S/c1-10(16-17-14(20)15-7-8-18-2)13-9-11-5-3-4-6-12(11)19-13/h3-6,9,16H,1,7-8H2,2H3,(H2,15,17,20). The van der Waals surface area contributed by atoms with Gasteiger partial charge in [-0.1, -0.05) is 24.8 Å². The second-order valence-electron chi connectivity index (χ2n) is 4.13. The van der Waals surface area contributed by atoms with Crippen molar-refractivity contribution in [1.82, 2.24) is 16.2 Å². The van der Waals surface area contributed by atoms with Gasteiger partial charge in [0.05, 0.1) is 12.3 Å². The molecule has 0 radical (unpaired) electrons. The molecule has 1 aromatic carbocycles. The normalized spacial score (nSPS) is 10.2. The number of nitrogens with one attached hydrogen (secondary N) is 3. The van der Waals surface area contributed by atoms with Gasteiger partial charge in [0.25, 0.3) is 0 Å². The summed E-state index contributed by atoms with van der Waals surface area (Å²) in [6.07, 6.45) is 0. The molecule has 2 rings (SSSR count). The van der Waals surface area contributed by atoms with Gasteiger partial charge in [-0.25, -0.2) is 0 Å². The summed E-state index contributed by atoms with van der Waals surface area (Å²) in [5.41, 5.74) is 7.18. The highest BCUT2D eigenvalue weighted by Gasteiger charge is 2.06. The van der Waals surface area contributed by atoms with Crippen LogP contribution in [0.1, 0.15) is 5.76 Å². The van der Waals surface area contributed by atoms with Crippen LogP contribution in [0, 0.1) is 0 Å². The fraction of sp³-hybridized carbons (Fsp3) is 0.214. The number of rotatable bonds is 6. The van der Waals surface area contributed by atoms with E-state index in [1.807, 2.05) is 30.3 Å². The van der Waals surface area contributed by atoms with Crippen LogP contribution in [0.3, 0.4) is 0 Å². The number of furan rings is 1. The Labute approximate surface area is 122 Å². The molecule has 0 fully saturated rings. The Balaban J connectivity index is 1.87. The van der Waals surface area contributed by atoms with Gasteiger partial charge < -0.3 is 14.5 Å². The molecule has 0 bridgehead atoms. The Hall–Kier alpha value is -2.05. The Kier molecular flexibility index (Phi) is 4.97. The highest BCUT2D eigenvalue weighted by atomic mass is 32.1. The van der Waals surface area contributed by atoms with Crippen LogP contribution < -0.4 is 16.2 Å². The smallest absolute Gasteiger partial charge is 0.185 e. The molecule has 0 amide bonds. The van der Waals surface area contributed by atoms with Crippen molar-refractivity contribution in [3.05, 3.63) is 42.7 Å². The van der Waals surface area contributed by atoms with E-state index in [0.717, 1.165) is 11.0 Å². The summed E-state index contributed by atoms with van der Waals surface area (Å²) in [6, 6.07) is 9.72. The van der Waals surface area contributed by atoms with Crippen molar-refractivity contribution < 1.29 is 9.15 Å². The number of hydrazine groups is 1. The van der Waals surface area contributed by atoms with Gasteiger partial charge in [-0.2, -0.15) is 0 Å². The number of benzene rings is 1. The van der Waals surface area contributed by atoms with Crippen molar-refractivity contribution in [3.63, 3.8) is 0 Å². The Bertz CT molecular complexity index is 576. The van der Waals surface area contributed by atoms with Crippen LogP contribution in [-0.2, 0) is 4.74 Å². The third-order valence-electron chi connectivity index (χ3n) is 2.64. The van der Waals surface area contributed by atoms with Crippen LogP contribution in [0.2, 0.25) is 0 Å². The fourth-order valence-electron chi connectivity index (χ4n) is 1.64. The van der Waals surface area contributed by atoms with E-state index in [-0.39, 0.29) is 0 Å². The minimum Gasteiger partial charge on any atom is -0.454 e. The highest BCUT2D eigenvalue weighted by molar-refractivity contribution is 7.80. The van der Waals surface area contributed by atoms with E-state index in [4.69, 9.17) is 21.4 Å². The van der Waals surface area contributed by atoms with Gasteiger partial charge >= 0.3 is 0 Å². The number of hydrogen-bond acceptors (Lipinski definition) is 4. The predicted octanol–water partition coefficient (Wildman–Crippen LogP) is 2.02. The second kappa shape index (κ2) is 6.93. The number of ether oxygens (including phenoxy) is 1. The molecule has 1 heterocycles. The van der Waals surface area contributed by atoms with E-state index in [1.54, 1.807) is 7.11 Å². The molecular formula is C14H17N3O2S. The molecule has 0 spiro atoms. The lowest BCUT2D eigenvalue weighted by atomic mass is 10.2. The van der Waals surface area contributed by atoms with Gasteiger partial charge in [-0.15, -0.1) is 0 Å². The van der Waals surface area contributed by atoms with E-state index < -0.39 is 0 Å². The minimum atomic E-state index is 0.472. The van der Waals surface area contributed by atoms with Crippen LogP contribution in [0.25, 0.3) is 16.7 Å². The van der Waals surface area contributed by atoms with Crippen LogP contribution in [0.5, 0.6) is 0 Å². The van der Waals surface area contributed by atoms with Crippen molar-refractivity contribution in [2.45, 2.75) is 0 Å². The summed E-state index contributed by atoms with van der Waals surface area (Å²) in [7, 11) is 1.64. The largest absolute Gasteiger partial charge is 0.454 e. The molecular weight excluding hydrogens is 274 g/mol. The molecule has 0 saturated carbocycles. The quantitative estimate of drug-likeness (QED) is 0.430. The molecule has 3 N–H and O–H groups in total. The molecule has 1 aromatic heterocycles. The Morgan fingerprint density at radius 2 is 2.15 bits per heavy atom. The number of para-hydroxylation sites is 1. The highest BCUT2D eigenvalue weighted by Crippen LogP contribution is 2.21. The molecule has 0 aliphatic heterocycles. The maximum Gasteiger partial charge on any atom is 0.185 e. The monoisotopic (exact) mass is 291 g/mol. The van der Waals surface area contributed by atoms with E-state index in [1.165, 1.54) is 0 Å². The van der Waals surface area contributed by atoms with Crippen molar-refractivity contribution in [2.24, 2.45) is 0 Å². The molecule has 0 saturated heterocycles. The number of methoxy groups -OCH3 is 1. The molecule has 0 aliphatic carbocycles. The number of hydrogen-bond donors (Lipinski definition) is 3. The fourth-order valence-corrected chi connectivity index (χ4v) is 1.79. The average molecular weight is 291 g/mol. The number of thiocarbonyl (C=S) groups is 1. The molecule has 0 unspecified atom stereocenters. The lowest BCUT2D eigenvalue weighted by Crippen LogP contribution is -2.43. The van der Waals surface area contributed by atoms with E-state index in [0.29, 0.717) is 29.7 Å². The van der Waals surface area contributed by atoms with E-state index in [9.17, 15) is 0 Å². The SMILES string of the molecule is C=C(NNC(=S)NCCOC)c1cc2ccccc2o1. The first kappa shape index (κ1) is 14.4. The zero-order valence-electron chi connectivity index (χ0n) is 11.2. The lowest BCUT2D eigenvalue weighted by molar-refractivity contribution is 0.204. The molecule has 0 aliphatic rings. The van der Waals surface area contributed by atoms with Crippen molar-refractivity contribution in [3.8, 4) is 0 Å². The Morgan fingerprint density at radius 3 is 2.90 bits per heavy atom. The van der Waals surface area contributed by atoms with Gasteiger partial charge in [-0.3, -0.25) is 10.9 Å². The second-order valence-corrected chi connectivity index (χ2v) is 4.53. The summed E-state index contributed by atoms with van der Waals surface area (Å²) in [5.74, 6) is 0.665. The first-order valence-electron chi connectivity index (χ1n) is 6.17. The number of fused-ring (bicyclic) bond motifs is 1. The molecule has 5 nitrogen and oxygen atoms in total. The third kappa shape index (κ3) is 3.72. The van der Waals surface area contributed by atoms with Crippen LogP contribution in [0.15, 0.2) is 41.3 Å². The zero-order chi connectivity index (χ0) is 14.4. The minimum absolute atomic E-state index is 0.472. The molecule has 106 valence electrons. The molecule has 2 aromatic rings. The summed E-state index contributed by atoms with van der Waals surface area (Å²) < 4.78 is 10.6. The van der Waals surface area contributed by atoms with Gasteiger partial charge in [0.2, 0.25) is 0 Å². The van der Waals surface area contributed by atoms with Gasteiger partial charge in [0.1, 0.15) is 5.58 Å². The summed E-state index contributed by atoms with van der Waals surface area (Å²) in [6.45, 7) is 5.14. The zero-order valence-corrected chi connectivity index (χ0v) is 12.0. The van der Waals surface area contributed by atoms with E-state index in [2.05, 4.69) is 22.7 Å². The topological polar surface area (TPSA) is 58.5 Å². The van der Waals surface area contributed by atoms with Crippen LogP contribution >= 0.6 is 12.2 Å². The van der Waals surface area contributed by atoms with Crippen LogP contribution in [-0.4, -0.2) is 25.4 Å². The molecule has 6 heteroatoms. The maximum absolute atomic E-state index is 5.67. The van der Waals surface area contributed by atoms with Crippen molar-refractivity contribution in [2.75, 3.05) is 20.3 Å². The maximum atomic E-state index is 5.67.